The summed E-state index contributed by atoms with van der Waals surface area (Å²) in [5.41, 5.74) is 6.06. The number of carbonyl (C=O) groups excluding carboxylic acids is 3. The number of ether oxygens (including phenoxy) is 1. The van der Waals surface area contributed by atoms with Crippen molar-refractivity contribution in [2.75, 3.05) is 13.1 Å². The summed E-state index contributed by atoms with van der Waals surface area (Å²) in [5.74, 6) is 1.99. The van der Waals surface area contributed by atoms with E-state index in [2.05, 4.69) is 52.7 Å². The van der Waals surface area contributed by atoms with Gasteiger partial charge in [-0.2, -0.15) is 23.5 Å². The van der Waals surface area contributed by atoms with Gasteiger partial charge in [0.1, 0.15) is 11.7 Å². The summed E-state index contributed by atoms with van der Waals surface area (Å²) in [6.07, 6.45) is 7.04. The highest BCUT2D eigenvalue weighted by Crippen LogP contribution is 2.62. The lowest BCUT2D eigenvalue weighted by Crippen LogP contribution is -2.35. The van der Waals surface area contributed by atoms with E-state index < -0.39 is 18.1 Å². The molecule has 2 aromatic heterocycles. The molecule has 1 aliphatic heterocycles. The molecule has 11 nitrogen and oxygen atoms in total. The minimum Gasteiger partial charge on any atom is -0.372 e. The molecule has 3 aliphatic rings. The lowest BCUT2D eigenvalue weighted by molar-refractivity contribution is -0.169. The fourth-order valence-electron chi connectivity index (χ4n) is 5.34. The van der Waals surface area contributed by atoms with Crippen LogP contribution in [0.15, 0.2) is 12.4 Å². The van der Waals surface area contributed by atoms with Crippen molar-refractivity contribution in [2.45, 2.75) is 70.9 Å². The third-order valence-electron chi connectivity index (χ3n) is 8.26. The van der Waals surface area contributed by atoms with Gasteiger partial charge in [0.2, 0.25) is 12.3 Å². The van der Waals surface area contributed by atoms with Gasteiger partial charge in [-0.1, -0.05) is 13.8 Å². The van der Waals surface area contributed by atoms with Crippen LogP contribution in [0.4, 0.5) is 13.2 Å². The summed E-state index contributed by atoms with van der Waals surface area (Å²) >= 11 is 0. The molecule has 0 aromatic carbocycles. The highest BCUT2D eigenvalue weighted by atomic mass is 19.4. The third kappa shape index (κ3) is 7.82. The second-order valence-corrected chi connectivity index (χ2v) is 11.9. The number of hydrogen-bond donors (Lipinski definition) is 2. The number of primary amides is 1. The summed E-state index contributed by atoms with van der Waals surface area (Å²) in [7, 11) is 1.74. The van der Waals surface area contributed by atoms with Crippen LogP contribution in [-0.2, 0) is 26.2 Å². The number of aryl methyl sites for hydroxylation is 1. The van der Waals surface area contributed by atoms with Gasteiger partial charge in [-0.15, -0.1) is 6.42 Å². The molecule has 3 amide bonds. The number of halogens is 3. The lowest BCUT2D eigenvalue weighted by atomic mass is 10.0. The van der Waals surface area contributed by atoms with Crippen molar-refractivity contribution in [3.63, 3.8) is 0 Å². The maximum Gasteiger partial charge on any atom is 0.470 e. The molecule has 2 saturated carbocycles. The van der Waals surface area contributed by atoms with E-state index in [1.54, 1.807) is 17.9 Å². The van der Waals surface area contributed by atoms with Gasteiger partial charge >= 0.3 is 12.1 Å². The SMILES string of the molecule is C#Cc1nn(C)c2cncc(C(C#N)NC=O)c12.C[C@H](CC(=O)N1CC2C(C1)C2(C)C)OC1(C)CC1.NC(=O)C(F)(F)F. The Morgan fingerprint density at radius 1 is 1.28 bits per heavy atom. The second-order valence-electron chi connectivity index (χ2n) is 11.9. The summed E-state index contributed by atoms with van der Waals surface area (Å²) in [6, 6.07) is 1.19. The van der Waals surface area contributed by atoms with Gasteiger partial charge in [0.05, 0.1) is 35.9 Å². The zero-order valence-corrected chi connectivity index (χ0v) is 24.7. The number of carbonyl (C=O) groups is 3. The fourth-order valence-corrected chi connectivity index (χ4v) is 5.34. The quantitative estimate of drug-likeness (QED) is 0.364. The monoisotopic (exact) mass is 603 g/mol. The molecule has 3 N–H and O–H groups in total. The summed E-state index contributed by atoms with van der Waals surface area (Å²) in [4.78, 5) is 37.9. The first kappa shape index (κ1) is 33.3. The fraction of sp³-hybridized carbons (Fsp3) is 0.586. The number of piperidine rings is 1. The number of fused-ring (bicyclic) bond motifs is 2. The molecule has 2 aliphatic carbocycles. The number of hydrogen-bond acceptors (Lipinski definition) is 7. The molecule has 3 unspecified atom stereocenters. The van der Waals surface area contributed by atoms with Gasteiger partial charge in [0, 0.05) is 37.3 Å². The number of terminal acetylenes is 1. The number of rotatable bonds is 7. The molecule has 232 valence electrons. The van der Waals surface area contributed by atoms with Gasteiger partial charge in [0.25, 0.3) is 0 Å². The average molecular weight is 604 g/mol. The molecule has 3 fully saturated rings. The second kappa shape index (κ2) is 12.6. The van der Waals surface area contributed by atoms with Crippen LogP contribution in [0.2, 0.25) is 0 Å². The first-order valence-electron chi connectivity index (χ1n) is 13.7. The molecule has 4 atom stereocenters. The molecular weight excluding hydrogens is 567 g/mol. The van der Waals surface area contributed by atoms with Gasteiger partial charge < -0.3 is 20.7 Å². The Hall–Kier alpha value is -4.17. The van der Waals surface area contributed by atoms with Crippen molar-refractivity contribution in [2.24, 2.45) is 30.0 Å². The summed E-state index contributed by atoms with van der Waals surface area (Å²) in [6.45, 7) is 10.8. The van der Waals surface area contributed by atoms with Crippen molar-refractivity contribution in [3.8, 4) is 18.4 Å². The van der Waals surface area contributed by atoms with E-state index in [9.17, 15) is 22.8 Å². The Kier molecular flexibility index (Phi) is 9.76. The number of likely N-dealkylation sites (tertiary alicyclic amines) is 1. The van der Waals surface area contributed by atoms with Gasteiger partial charge in [-0.25, -0.2) is 0 Å². The number of alkyl halides is 3. The van der Waals surface area contributed by atoms with E-state index in [0.717, 1.165) is 37.8 Å². The number of nitriles is 1. The van der Waals surface area contributed by atoms with Crippen LogP contribution in [0.3, 0.4) is 0 Å². The Balaban J connectivity index is 0.000000194. The lowest BCUT2D eigenvalue weighted by Gasteiger charge is -2.25. The van der Waals surface area contributed by atoms with Crippen molar-refractivity contribution in [3.05, 3.63) is 23.7 Å². The number of nitrogens with zero attached hydrogens (tertiary/aromatic N) is 5. The molecular formula is C29H36F3N7O4. The average Bonchev–Trinajstić information content (AvgIpc) is 3.56. The molecule has 2 aromatic rings. The van der Waals surface area contributed by atoms with Crippen LogP contribution < -0.4 is 11.1 Å². The normalized spacial score (nSPS) is 21.8. The van der Waals surface area contributed by atoms with E-state index in [1.165, 1.54) is 6.20 Å². The van der Waals surface area contributed by atoms with E-state index in [-0.39, 0.29) is 17.6 Å². The first-order chi connectivity index (χ1) is 20.0. The summed E-state index contributed by atoms with van der Waals surface area (Å²) < 4.78 is 39.6. The van der Waals surface area contributed by atoms with Crippen LogP contribution in [-0.4, -0.2) is 68.9 Å². The van der Waals surface area contributed by atoms with E-state index in [4.69, 9.17) is 21.2 Å². The maximum absolute atomic E-state index is 12.2. The van der Waals surface area contributed by atoms with Gasteiger partial charge in [-0.05, 0) is 49.9 Å². The van der Waals surface area contributed by atoms with Crippen molar-refractivity contribution >= 4 is 29.1 Å². The van der Waals surface area contributed by atoms with Gasteiger partial charge in [0.15, 0.2) is 0 Å². The summed E-state index contributed by atoms with van der Waals surface area (Å²) in [5, 5.41) is 16.3. The minimum absolute atomic E-state index is 0.0648. The minimum atomic E-state index is -4.86. The zero-order chi connectivity index (χ0) is 32.3. The Bertz CT molecular complexity index is 1440. The van der Waals surface area contributed by atoms with Crippen molar-refractivity contribution in [1.82, 2.24) is 25.0 Å². The number of nitrogens with two attached hydrogens (primary N) is 1. The largest absolute Gasteiger partial charge is 0.470 e. The van der Waals surface area contributed by atoms with Gasteiger partial charge in [-0.3, -0.25) is 24.0 Å². The van der Waals surface area contributed by atoms with E-state index >= 15 is 0 Å². The molecule has 0 bridgehead atoms. The molecule has 1 saturated heterocycles. The Morgan fingerprint density at radius 2 is 1.86 bits per heavy atom. The predicted octanol–water partition coefficient (Wildman–Crippen LogP) is 2.74. The Morgan fingerprint density at radius 3 is 2.33 bits per heavy atom. The number of amides is 3. The van der Waals surface area contributed by atoms with Crippen LogP contribution in [0.25, 0.3) is 10.9 Å². The molecule has 0 radical (unpaired) electrons. The first-order valence-corrected chi connectivity index (χ1v) is 13.7. The molecule has 14 heteroatoms. The number of pyridine rings is 1. The smallest absolute Gasteiger partial charge is 0.372 e. The van der Waals surface area contributed by atoms with Crippen molar-refractivity contribution in [1.29, 1.82) is 5.26 Å². The van der Waals surface area contributed by atoms with Crippen molar-refractivity contribution < 1.29 is 32.3 Å². The topological polar surface area (TPSA) is 156 Å². The zero-order valence-electron chi connectivity index (χ0n) is 24.7. The molecule has 3 heterocycles. The van der Waals surface area contributed by atoms with E-state index in [1.807, 2.05) is 13.0 Å². The maximum atomic E-state index is 12.2. The number of aromatic nitrogens is 3. The predicted molar refractivity (Wildman–Crippen MR) is 149 cm³/mol. The molecule has 5 rings (SSSR count). The molecule has 0 spiro atoms. The molecule has 43 heavy (non-hydrogen) atoms. The van der Waals surface area contributed by atoms with Crippen LogP contribution in [0.1, 0.15) is 64.3 Å². The Labute approximate surface area is 247 Å². The third-order valence-corrected chi connectivity index (χ3v) is 8.26. The van der Waals surface area contributed by atoms with Crippen LogP contribution in [0.5, 0.6) is 0 Å². The van der Waals surface area contributed by atoms with Crippen LogP contribution in [0, 0.1) is 40.9 Å². The highest BCUT2D eigenvalue weighted by molar-refractivity contribution is 5.88. The standard InChI is InChI=1S/C15H25NO2.C12H9N5O.C2H2F3NO/c1-10(18-15(4)5-6-15)7-13(17)16-8-11-12(9-16)14(11,2)3;1-3-9-12-8(10(4-13)15-7-18)5-14-6-11(12)17(2)16-9;3-2(4,5)1(6)7/h10-12H,5-9H2,1-4H3;1,5-7,10H,2H3,(H,15,18);(H2,6,7)/t10-,11?,12?;;/m1../s1. The van der Waals surface area contributed by atoms with Crippen LogP contribution >= 0.6 is 0 Å². The van der Waals surface area contributed by atoms with E-state index in [0.29, 0.717) is 40.4 Å². The number of nitrogens with one attached hydrogen (secondary N) is 1. The highest BCUT2D eigenvalue weighted by Gasteiger charge is 2.62.